The largest absolute Gasteiger partial charge is 0.378 e. The molecule has 0 amide bonds. The lowest BCUT2D eigenvalue weighted by molar-refractivity contribution is 0.00902. The van der Waals surface area contributed by atoms with Gasteiger partial charge in [0.2, 0.25) is 0 Å². The Bertz CT molecular complexity index is 132. The van der Waals surface area contributed by atoms with Crippen LogP contribution >= 0.6 is 0 Å². The number of unbranched alkanes of at least 4 members (excludes halogenated alkanes) is 1. The van der Waals surface area contributed by atoms with Gasteiger partial charge in [-0.25, -0.2) is 0 Å². The van der Waals surface area contributed by atoms with Gasteiger partial charge in [0.25, 0.3) is 0 Å². The Morgan fingerprint density at radius 2 is 2.21 bits per heavy atom. The van der Waals surface area contributed by atoms with Crippen LogP contribution < -0.4 is 5.73 Å². The van der Waals surface area contributed by atoms with Gasteiger partial charge in [-0.3, -0.25) is 0 Å². The quantitative estimate of drug-likeness (QED) is 0.714. The summed E-state index contributed by atoms with van der Waals surface area (Å²) in [6, 6.07) is 0.403. The zero-order chi connectivity index (χ0) is 10.2. The van der Waals surface area contributed by atoms with E-state index in [0.29, 0.717) is 12.1 Å². The molecule has 14 heavy (non-hydrogen) atoms. The van der Waals surface area contributed by atoms with Gasteiger partial charge < -0.3 is 10.5 Å². The first-order valence-electron chi connectivity index (χ1n) is 6.20. The van der Waals surface area contributed by atoms with Gasteiger partial charge in [0.1, 0.15) is 0 Å². The number of rotatable bonds is 6. The summed E-state index contributed by atoms with van der Waals surface area (Å²) in [5, 5.41) is 0. The molecule has 1 aliphatic heterocycles. The van der Waals surface area contributed by atoms with E-state index in [2.05, 4.69) is 6.92 Å². The van der Waals surface area contributed by atoms with Gasteiger partial charge in [-0.1, -0.05) is 19.8 Å². The summed E-state index contributed by atoms with van der Waals surface area (Å²) in [4.78, 5) is 0. The van der Waals surface area contributed by atoms with E-state index < -0.39 is 0 Å². The molecule has 1 fully saturated rings. The molecule has 2 nitrogen and oxygen atoms in total. The fraction of sp³-hybridized carbons (Fsp3) is 1.00. The van der Waals surface area contributed by atoms with Crippen molar-refractivity contribution in [1.82, 2.24) is 0 Å². The first-order chi connectivity index (χ1) is 6.83. The molecular weight excluding hydrogens is 174 g/mol. The molecule has 0 aliphatic carbocycles. The molecule has 2 heteroatoms. The highest BCUT2D eigenvalue weighted by Crippen LogP contribution is 2.18. The zero-order valence-corrected chi connectivity index (χ0v) is 9.50. The Hall–Kier alpha value is -0.0800. The molecule has 1 aliphatic rings. The van der Waals surface area contributed by atoms with Crippen LogP contribution in [0.4, 0.5) is 0 Å². The molecule has 2 N–H and O–H groups in total. The van der Waals surface area contributed by atoms with Gasteiger partial charge in [0.15, 0.2) is 0 Å². The standard InChI is InChI=1S/C12H25NO/c1-2-3-6-11(13)8-9-12-7-4-5-10-14-12/h11-12H,2-10,13H2,1H3. The first kappa shape index (κ1) is 12.0. The molecule has 1 rings (SSSR count). The average Bonchev–Trinajstić information content (AvgIpc) is 2.25. The zero-order valence-electron chi connectivity index (χ0n) is 9.50. The lowest BCUT2D eigenvalue weighted by Crippen LogP contribution is -2.25. The second kappa shape index (κ2) is 7.24. The van der Waals surface area contributed by atoms with Crippen LogP contribution in [0.15, 0.2) is 0 Å². The van der Waals surface area contributed by atoms with Crippen molar-refractivity contribution >= 4 is 0 Å². The fourth-order valence-corrected chi connectivity index (χ4v) is 2.05. The number of hydrogen-bond acceptors (Lipinski definition) is 2. The molecular formula is C12H25NO. The topological polar surface area (TPSA) is 35.2 Å². The van der Waals surface area contributed by atoms with Gasteiger partial charge in [0.05, 0.1) is 6.10 Å². The van der Waals surface area contributed by atoms with Gasteiger partial charge in [-0.2, -0.15) is 0 Å². The molecule has 2 unspecified atom stereocenters. The predicted molar refractivity (Wildman–Crippen MR) is 60.3 cm³/mol. The van der Waals surface area contributed by atoms with E-state index in [1.165, 1.54) is 44.9 Å². The SMILES string of the molecule is CCCCC(N)CCC1CCCCO1. The molecule has 84 valence electrons. The minimum Gasteiger partial charge on any atom is -0.378 e. The summed E-state index contributed by atoms with van der Waals surface area (Å²) in [6.07, 6.45) is 10.4. The Morgan fingerprint density at radius 3 is 2.86 bits per heavy atom. The number of ether oxygens (including phenoxy) is 1. The fourth-order valence-electron chi connectivity index (χ4n) is 2.05. The molecule has 1 saturated heterocycles. The third-order valence-electron chi connectivity index (χ3n) is 3.06. The van der Waals surface area contributed by atoms with Crippen LogP contribution in [0.5, 0.6) is 0 Å². The van der Waals surface area contributed by atoms with E-state index in [-0.39, 0.29) is 0 Å². The van der Waals surface area contributed by atoms with Crippen LogP contribution in [0.2, 0.25) is 0 Å². The van der Waals surface area contributed by atoms with E-state index >= 15 is 0 Å². The van der Waals surface area contributed by atoms with Crippen molar-refractivity contribution < 1.29 is 4.74 Å². The number of nitrogens with two attached hydrogens (primary N) is 1. The molecule has 0 aromatic rings. The summed E-state index contributed by atoms with van der Waals surface area (Å²) in [5.74, 6) is 0. The second-order valence-corrected chi connectivity index (χ2v) is 4.47. The van der Waals surface area contributed by atoms with Crippen LogP contribution in [-0.2, 0) is 4.74 Å². The van der Waals surface area contributed by atoms with Crippen molar-refractivity contribution in [3.05, 3.63) is 0 Å². The van der Waals surface area contributed by atoms with Crippen molar-refractivity contribution in [2.45, 2.75) is 70.4 Å². The number of hydrogen-bond donors (Lipinski definition) is 1. The average molecular weight is 199 g/mol. The van der Waals surface area contributed by atoms with Crippen LogP contribution in [0.3, 0.4) is 0 Å². The molecule has 0 radical (unpaired) electrons. The van der Waals surface area contributed by atoms with Crippen LogP contribution in [0.1, 0.15) is 58.3 Å². The van der Waals surface area contributed by atoms with Crippen LogP contribution in [-0.4, -0.2) is 18.8 Å². The van der Waals surface area contributed by atoms with Crippen molar-refractivity contribution in [3.63, 3.8) is 0 Å². The molecule has 1 heterocycles. The molecule has 0 aromatic heterocycles. The van der Waals surface area contributed by atoms with E-state index in [1.807, 2.05) is 0 Å². The molecule has 0 bridgehead atoms. The Balaban J connectivity index is 2.00. The minimum atomic E-state index is 0.403. The summed E-state index contributed by atoms with van der Waals surface area (Å²) in [7, 11) is 0. The first-order valence-corrected chi connectivity index (χ1v) is 6.20. The maximum absolute atomic E-state index is 6.02. The second-order valence-electron chi connectivity index (χ2n) is 4.47. The van der Waals surface area contributed by atoms with Crippen molar-refractivity contribution in [3.8, 4) is 0 Å². The molecule has 0 spiro atoms. The Kier molecular flexibility index (Phi) is 6.20. The van der Waals surface area contributed by atoms with E-state index in [9.17, 15) is 0 Å². The highest BCUT2D eigenvalue weighted by atomic mass is 16.5. The highest BCUT2D eigenvalue weighted by molar-refractivity contribution is 4.68. The lowest BCUT2D eigenvalue weighted by atomic mass is 9.99. The lowest BCUT2D eigenvalue weighted by Gasteiger charge is -2.23. The van der Waals surface area contributed by atoms with Crippen molar-refractivity contribution in [1.29, 1.82) is 0 Å². The van der Waals surface area contributed by atoms with Gasteiger partial charge in [-0.05, 0) is 38.5 Å². The smallest absolute Gasteiger partial charge is 0.0575 e. The minimum absolute atomic E-state index is 0.403. The Labute approximate surface area is 88.2 Å². The Morgan fingerprint density at radius 1 is 1.36 bits per heavy atom. The van der Waals surface area contributed by atoms with Gasteiger partial charge >= 0.3 is 0 Å². The van der Waals surface area contributed by atoms with Gasteiger partial charge in [-0.15, -0.1) is 0 Å². The highest BCUT2D eigenvalue weighted by Gasteiger charge is 2.14. The third kappa shape index (κ3) is 4.97. The predicted octanol–water partition coefficient (Wildman–Crippen LogP) is 2.85. The van der Waals surface area contributed by atoms with Crippen molar-refractivity contribution in [2.24, 2.45) is 5.73 Å². The van der Waals surface area contributed by atoms with Crippen LogP contribution in [0.25, 0.3) is 0 Å². The maximum atomic E-state index is 6.02. The summed E-state index contributed by atoms with van der Waals surface area (Å²) >= 11 is 0. The van der Waals surface area contributed by atoms with E-state index in [0.717, 1.165) is 13.0 Å². The van der Waals surface area contributed by atoms with E-state index in [4.69, 9.17) is 10.5 Å². The normalized spacial score (nSPS) is 24.9. The van der Waals surface area contributed by atoms with E-state index in [1.54, 1.807) is 0 Å². The maximum Gasteiger partial charge on any atom is 0.0575 e. The van der Waals surface area contributed by atoms with Crippen molar-refractivity contribution in [2.75, 3.05) is 6.61 Å². The third-order valence-corrected chi connectivity index (χ3v) is 3.06. The molecule has 0 aromatic carbocycles. The summed E-state index contributed by atoms with van der Waals surface area (Å²) in [5.41, 5.74) is 6.02. The summed E-state index contributed by atoms with van der Waals surface area (Å²) < 4.78 is 5.68. The molecule has 0 saturated carbocycles. The summed E-state index contributed by atoms with van der Waals surface area (Å²) in [6.45, 7) is 3.19. The monoisotopic (exact) mass is 199 g/mol. The van der Waals surface area contributed by atoms with Crippen LogP contribution in [0, 0.1) is 0 Å². The van der Waals surface area contributed by atoms with Gasteiger partial charge in [0, 0.05) is 12.6 Å². The molecule has 2 atom stereocenters.